The van der Waals surface area contributed by atoms with Gasteiger partial charge in [-0.05, 0) is 23.7 Å². The predicted molar refractivity (Wildman–Crippen MR) is 35.8 cm³/mol. The lowest BCUT2D eigenvalue weighted by atomic mass is 10.3. The van der Waals surface area contributed by atoms with Crippen LogP contribution in [0.5, 0.6) is 0 Å². The van der Waals surface area contributed by atoms with Gasteiger partial charge >= 0.3 is 0 Å². The number of rotatable bonds is 1. The van der Waals surface area contributed by atoms with E-state index in [2.05, 4.69) is 0 Å². The second-order valence-corrected chi connectivity index (χ2v) is 2.71. The van der Waals surface area contributed by atoms with Crippen molar-refractivity contribution in [1.29, 1.82) is 0 Å². The summed E-state index contributed by atoms with van der Waals surface area (Å²) in [7, 11) is 0. The first-order chi connectivity index (χ1) is 3.83. The van der Waals surface area contributed by atoms with Crippen LogP contribution in [0, 0.1) is 0 Å². The third-order valence-electron chi connectivity index (χ3n) is 1.20. The summed E-state index contributed by atoms with van der Waals surface area (Å²) in [4.78, 5) is 11.8. The van der Waals surface area contributed by atoms with Gasteiger partial charge in [0.05, 0.1) is 0 Å². The van der Waals surface area contributed by atoms with E-state index in [1.807, 2.05) is 6.26 Å². The monoisotopic (exact) mass is 128 g/mol. The first-order valence-electron chi connectivity index (χ1n) is 2.60. The Morgan fingerprint density at radius 2 is 2.38 bits per heavy atom. The Kier molecular flexibility index (Phi) is 1.73. The highest BCUT2D eigenvalue weighted by Gasteiger charge is 2.09. The lowest BCUT2D eigenvalue weighted by Gasteiger charge is -1.87. The highest BCUT2D eigenvalue weighted by molar-refractivity contribution is 8.02. The molecule has 1 aliphatic rings. The van der Waals surface area contributed by atoms with Gasteiger partial charge in [-0.15, -0.1) is 11.8 Å². The molecular formula is C6H8OS. The standard InChI is InChI=1S/C6H8OS/c1-8-6-3-2-5(7)4-6/h4H,2-3H2,1H3. The first-order valence-corrected chi connectivity index (χ1v) is 3.83. The van der Waals surface area contributed by atoms with Gasteiger partial charge < -0.3 is 0 Å². The highest BCUT2D eigenvalue weighted by atomic mass is 32.2. The molecule has 44 valence electrons. The topological polar surface area (TPSA) is 17.1 Å². The summed E-state index contributed by atoms with van der Waals surface area (Å²) in [6.45, 7) is 0. The number of hydrogen-bond acceptors (Lipinski definition) is 2. The largest absolute Gasteiger partial charge is 0.295 e. The molecule has 1 nitrogen and oxygen atoms in total. The Morgan fingerprint density at radius 1 is 1.62 bits per heavy atom. The van der Waals surface area contributed by atoms with Gasteiger partial charge in [-0.3, -0.25) is 4.79 Å². The maximum atomic E-state index is 10.5. The van der Waals surface area contributed by atoms with Crippen molar-refractivity contribution >= 4 is 17.5 Å². The molecule has 8 heavy (non-hydrogen) atoms. The van der Waals surface area contributed by atoms with Crippen LogP contribution in [0.4, 0.5) is 0 Å². The van der Waals surface area contributed by atoms with Crippen LogP contribution < -0.4 is 0 Å². The third kappa shape index (κ3) is 1.13. The molecule has 0 fully saturated rings. The third-order valence-corrected chi connectivity index (χ3v) is 2.05. The Labute approximate surface area is 53.2 Å². The SMILES string of the molecule is CSC1=CC(=O)CC1. The van der Waals surface area contributed by atoms with Crippen LogP contribution >= 0.6 is 11.8 Å². The van der Waals surface area contributed by atoms with E-state index in [4.69, 9.17) is 0 Å². The molecule has 0 saturated carbocycles. The summed E-state index contributed by atoms with van der Waals surface area (Å²) in [5.41, 5.74) is 0. The van der Waals surface area contributed by atoms with Crippen molar-refractivity contribution in [3.05, 3.63) is 11.0 Å². The van der Waals surface area contributed by atoms with E-state index < -0.39 is 0 Å². The number of carbonyl (C=O) groups excluding carboxylic acids is 1. The fourth-order valence-corrected chi connectivity index (χ4v) is 1.29. The molecule has 0 radical (unpaired) electrons. The van der Waals surface area contributed by atoms with E-state index in [-0.39, 0.29) is 5.78 Å². The molecule has 2 heteroatoms. The van der Waals surface area contributed by atoms with E-state index in [1.165, 1.54) is 4.91 Å². The van der Waals surface area contributed by atoms with Gasteiger partial charge in [-0.1, -0.05) is 0 Å². The molecular weight excluding hydrogens is 120 g/mol. The van der Waals surface area contributed by atoms with Crippen molar-refractivity contribution < 1.29 is 4.79 Å². The number of allylic oxidation sites excluding steroid dienone is 2. The average molecular weight is 128 g/mol. The molecule has 1 aliphatic carbocycles. The van der Waals surface area contributed by atoms with E-state index in [0.29, 0.717) is 0 Å². The summed E-state index contributed by atoms with van der Waals surface area (Å²) >= 11 is 1.68. The van der Waals surface area contributed by atoms with Crippen molar-refractivity contribution in [2.75, 3.05) is 6.26 Å². The minimum atomic E-state index is 0.286. The molecule has 0 spiro atoms. The minimum absolute atomic E-state index is 0.286. The van der Waals surface area contributed by atoms with Crippen LogP contribution in [0.15, 0.2) is 11.0 Å². The number of thioether (sulfide) groups is 1. The Morgan fingerprint density at radius 3 is 2.62 bits per heavy atom. The maximum Gasteiger partial charge on any atom is 0.156 e. The van der Waals surface area contributed by atoms with Gasteiger partial charge in [0.1, 0.15) is 0 Å². The van der Waals surface area contributed by atoms with Crippen LogP contribution in [0.1, 0.15) is 12.8 Å². The van der Waals surface area contributed by atoms with E-state index in [9.17, 15) is 4.79 Å². The summed E-state index contributed by atoms with van der Waals surface area (Å²) in [5.74, 6) is 0.286. The second kappa shape index (κ2) is 2.35. The van der Waals surface area contributed by atoms with E-state index in [1.54, 1.807) is 17.8 Å². The van der Waals surface area contributed by atoms with Crippen molar-refractivity contribution in [3.8, 4) is 0 Å². The van der Waals surface area contributed by atoms with Gasteiger partial charge in [0.2, 0.25) is 0 Å². The van der Waals surface area contributed by atoms with Crippen LogP contribution in [-0.2, 0) is 4.79 Å². The van der Waals surface area contributed by atoms with Gasteiger partial charge in [0.25, 0.3) is 0 Å². The quantitative estimate of drug-likeness (QED) is 0.533. The molecule has 1 rings (SSSR count). The van der Waals surface area contributed by atoms with Gasteiger partial charge in [-0.2, -0.15) is 0 Å². The first kappa shape index (κ1) is 5.89. The Balaban J connectivity index is 2.57. The van der Waals surface area contributed by atoms with Crippen LogP contribution in [0.25, 0.3) is 0 Å². The highest BCUT2D eigenvalue weighted by Crippen LogP contribution is 2.23. The number of hydrogen-bond donors (Lipinski definition) is 0. The molecule has 0 aliphatic heterocycles. The normalized spacial score (nSPS) is 19.1. The molecule has 0 aromatic heterocycles. The van der Waals surface area contributed by atoms with Gasteiger partial charge in [-0.25, -0.2) is 0 Å². The van der Waals surface area contributed by atoms with Crippen molar-refractivity contribution in [1.82, 2.24) is 0 Å². The predicted octanol–water partition coefficient (Wildman–Crippen LogP) is 1.60. The van der Waals surface area contributed by atoms with Crippen molar-refractivity contribution in [2.24, 2.45) is 0 Å². The summed E-state index contributed by atoms with van der Waals surface area (Å²) in [6, 6.07) is 0. The van der Waals surface area contributed by atoms with E-state index in [0.717, 1.165) is 12.8 Å². The average Bonchev–Trinajstić information content (AvgIpc) is 2.14. The fraction of sp³-hybridized carbons (Fsp3) is 0.500. The Bertz CT molecular complexity index is 137. The zero-order chi connectivity index (χ0) is 5.98. The Hall–Kier alpha value is -0.240. The lowest BCUT2D eigenvalue weighted by molar-refractivity contribution is -0.114. The molecule has 0 heterocycles. The molecule has 0 unspecified atom stereocenters. The van der Waals surface area contributed by atoms with Crippen molar-refractivity contribution in [2.45, 2.75) is 12.8 Å². The molecule has 0 atom stereocenters. The fourth-order valence-electron chi connectivity index (χ4n) is 0.731. The zero-order valence-electron chi connectivity index (χ0n) is 4.81. The van der Waals surface area contributed by atoms with E-state index >= 15 is 0 Å². The molecule has 0 saturated heterocycles. The number of carbonyl (C=O) groups is 1. The van der Waals surface area contributed by atoms with Crippen LogP contribution in [0.2, 0.25) is 0 Å². The van der Waals surface area contributed by atoms with Gasteiger partial charge in [0, 0.05) is 6.42 Å². The van der Waals surface area contributed by atoms with Crippen molar-refractivity contribution in [3.63, 3.8) is 0 Å². The molecule has 0 aromatic carbocycles. The molecule has 0 bridgehead atoms. The number of ketones is 1. The minimum Gasteiger partial charge on any atom is -0.295 e. The summed E-state index contributed by atoms with van der Waals surface area (Å²) in [5, 5.41) is 0. The summed E-state index contributed by atoms with van der Waals surface area (Å²) in [6.07, 6.45) is 5.45. The smallest absolute Gasteiger partial charge is 0.156 e. The van der Waals surface area contributed by atoms with Crippen LogP contribution in [-0.4, -0.2) is 12.0 Å². The molecule has 0 aromatic rings. The molecule has 0 amide bonds. The second-order valence-electron chi connectivity index (χ2n) is 1.78. The van der Waals surface area contributed by atoms with Crippen LogP contribution in [0.3, 0.4) is 0 Å². The lowest BCUT2D eigenvalue weighted by Crippen LogP contribution is -1.80. The summed E-state index contributed by atoms with van der Waals surface area (Å²) < 4.78 is 0. The zero-order valence-corrected chi connectivity index (χ0v) is 5.62. The molecule has 0 N–H and O–H groups in total. The maximum absolute atomic E-state index is 10.5. The van der Waals surface area contributed by atoms with Gasteiger partial charge in [0.15, 0.2) is 5.78 Å².